The molecule has 7 rings (SSSR count). The van der Waals surface area contributed by atoms with E-state index in [1.807, 2.05) is 19.1 Å². The summed E-state index contributed by atoms with van der Waals surface area (Å²) >= 11 is 0. The third-order valence-corrected chi connectivity index (χ3v) is 8.36. The van der Waals surface area contributed by atoms with Gasteiger partial charge >= 0.3 is 5.97 Å². The Morgan fingerprint density at radius 1 is 1.03 bits per heavy atom. The normalized spacial score (nSPS) is 27.5. The van der Waals surface area contributed by atoms with Crippen LogP contribution >= 0.6 is 0 Å². The highest BCUT2D eigenvalue weighted by Gasteiger charge is 2.51. The van der Waals surface area contributed by atoms with Crippen molar-refractivity contribution in [1.29, 1.82) is 0 Å². The molecule has 0 saturated heterocycles. The smallest absolute Gasteiger partial charge is 0.337 e. The molecule has 2 aromatic carbocycles. The molecule has 1 aromatic heterocycles. The minimum atomic E-state index is -1.05. The van der Waals surface area contributed by atoms with Crippen LogP contribution in [-0.4, -0.2) is 27.1 Å². The maximum Gasteiger partial charge on any atom is 0.337 e. The van der Waals surface area contributed by atoms with Gasteiger partial charge < -0.3 is 5.11 Å². The van der Waals surface area contributed by atoms with Crippen molar-refractivity contribution in [1.82, 2.24) is 9.78 Å². The lowest BCUT2D eigenvalue weighted by atomic mass is 9.48. The molecular formula is C28H29N3O3. The number of carbonyl (C=O) groups is 1. The zero-order valence-electron chi connectivity index (χ0n) is 19.3. The molecule has 0 atom stereocenters. The second kappa shape index (κ2) is 7.83. The molecule has 4 aliphatic carbocycles. The van der Waals surface area contributed by atoms with Crippen molar-refractivity contribution in [2.24, 2.45) is 22.7 Å². The molecule has 1 heterocycles. The summed E-state index contributed by atoms with van der Waals surface area (Å²) in [5, 5.41) is 12.5. The summed E-state index contributed by atoms with van der Waals surface area (Å²) < 4.78 is 1.54. The zero-order valence-corrected chi connectivity index (χ0v) is 19.3. The van der Waals surface area contributed by atoms with E-state index in [-0.39, 0.29) is 11.1 Å². The van der Waals surface area contributed by atoms with Crippen LogP contribution in [0.3, 0.4) is 0 Å². The Hall–Kier alpha value is -3.41. The van der Waals surface area contributed by atoms with E-state index in [0.29, 0.717) is 22.4 Å². The summed E-state index contributed by atoms with van der Waals surface area (Å²) in [4.78, 5) is 28.9. The first-order valence-electron chi connectivity index (χ1n) is 12.2. The van der Waals surface area contributed by atoms with Crippen molar-refractivity contribution >= 4 is 17.9 Å². The molecule has 0 unspecified atom stereocenters. The number of hydrogen-bond donors (Lipinski definition) is 2. The van der Waals surface area contributed by atoms with Crippen molar-refractivity contribution in [2.45, 2.75) is 50.9 Å². The van der Waals surface area contributed by atoms with Crippen LogP contribution in [0.2, 0.25) is 0 Å². The van der Waals surface area contributed by atoms with Gasteiger partial charge in [0, 0.05) is 11.9 Å². The lowest BCUT2D eigenvalue weighted by molar-refractivity contribution is -0.00518. The molecule has 0 radical (unpaired) electrons. The second-order valence-corrected chi connectivity index (χ2v) is 10.6. The van der Waals surface area contributed by atoms with Crippen molar-refractivity contribution in [3.8, 4) is 5.69 Å². The van der Waals surface area contributed by atoms with Crippen LogP contribution in [0.25, 0.3) is 5.69 Å². The number of aromatic amines is 1. The van der Waals surface area contributed by atoms with E-state index < -0.39 is 5.97 Å². The standard InChI is InChI=1S/C28H29N3O3/c1-17-24(16-29-25-5-3-2-4-23(25)27(33)34)26(32)31(30-17)22-8-6-21(7-9-22)28-13-18-10-19(14-28)12-20(11-18)15-28/h2-9,16,18-20,30H,10-15H2,1H3,(H,33,34). The molecule has 3 aromatic rings. The van der Waals surface area contributed by atoms with E-state index in [0.717, 1.165) is 23.4 Å². The first-order valence-corrected chi connectivity index (χ1v) is 12.2. The zero-order chi connectivity index (χ0) is 23.4. The van der Waals surface area contributed by atoms with Crippen LogP contribution in [-0.2, 0) is 5.41 Å². The van der Waals surface area contributed by atoms with Crippen LogP contribution in [0.5, 0.6) is 0 Å². The van der Waals surface area contributed by atoms with Crippen molar-refractivity contribution in [3.63, 3.8) is 0 Å². The van der Waals surface area contributed by atoms with Crippen LogP contribution < -0.4 is 5.56 Å². The van der Waals surface area contributed by atoms with Gasteiger partial charge in [-0.15, -0.1) is 0 Å². The molecule has 4 aliphatic rings. The summed E-state index contributed by atoms with van der Waals surface area (Å²) in [6, 6.07) is 15.1. The highest BCUT2D eigenvalue weighted by atomic mass is 16.4. The van der Waals surface area contributed by atoms with Gasteiger partial charge in [-0.2, -0.15) is 0 Å². The maximum absolute atomic E-state index is 13.2. The van der Waals surface area contributed by atoms with E-state index in [9.17, 15) is 14.7 Å². The fraction of sp³-hybridized carbons (Fsp3) is 0.393. The molecule has 174 valence electrons. The minimum Gasteiger partial charge on any atom is -0.478 e. The Morgan fingerprint density at radius 3 is 2.26 bits per heavy atom. The molecule has 4 fully saturated rings. The van der Waals surface area contributed by atoms with Crippen LogP contribution in [0.4, 0.5) is 5.69 Å². The molecule has 2 N–H and O–H groups in total. The number of aryl methyl sites for hydroxylation is 1. The Balaban J connectivity index is 1.29. The van der Waals surface area contributed by atoms with Gasteiger partial charge in [0.05, 0.1) is 22.5 Å². The Morgan fingerprint density at radius 2 is 1.65 bits per heavy atom. The number of carboxylic acid groups (broad SMARTS) is 1. The van der Waals surface area contributed by atoms with Crippen LogP contribution in [0.1, 0.15) is 65.7 Å². The average Bonchev–Trinajstić information content (AvgIpc) is 3.10. The van der Waals surface area contributed by atoms with Crippen molar-refractivity contribution in [3.05, 3.63) is 81.3 Å². The number of nitrogens with one attached hydrogen (secondary N) is 1. The van der Waals surface area contributed by atoms with Crippen LogP contribution in [0.15, 0.2) is 58.3 Å². The largest absolute Gasteiger partial charge is 0.478 e. The van der Waals surface area contributed by atoms with Crippen LogP contribution in [0, 0.1) is 24.7 Å². The number of rotatable bonds is 5. The highest BCUT2D eigenvalue weighted by Crippen LogP contribution is 2.60. The second-order valence-electron chi connectivity index (χ2n) is 10.6. The lowest BCUT2D eigenvalue weighted by Gasteiger charge is -2.57. The summed E-state index contributed by atoms with van der Waals surface area (Å²) in [7, 11) is 0. The summed E-state index contributed by atoms with van der Waals surface area (Å²) in [6.45, 7) is 1.83. The van der Waals surface area contributed by atoms with Gasteiger partial charge in [-0.1, -0.05) is 24.3 Å². The predicted molar refractivity (Wildman–Crippen MR) is 132 cm³/mol. The van der Waals surface area contributed by atoms with E-state index in [2.05, 4.69) is 22.2 Å². The number of para-hydroxylation sites is 1. The van der Waals surface area contributed by atoms with Gasteiger partial charge in [0.2, 0.25) is 0 Å². The topological polar surface area (TPSA) is 87.5 Å². The van der Waals surface area contributed by atoms with Gasteiger partial charge in [0.15, 0.2) is 0 Å². The highest BCUT2D eigenvalue weighted by molar-refractivity contribution is 5.95. The molecule has 4 bridgehead atoms. The van der Waals surface area contributed by atoms with Crippen molar-refractivity contribution < 1.29 is 9.90 Å². The summed E-state index contributed by atoms with van der Waals surface area (Å²) in [6.07, 6.45) is 9.69. The Kier molecular flexibility index (Phi) is 4.87. The number of H-pyrrole nitrogens is 1. The van der Waals surface area contributed by atoms with Gasteiger partial charge in [-0.3, -0.25) is 14.9 Å². The Bertz CT molecular complexity index is 1310. The molecule has 6 nitrogen and oxygen atoms in total. The molecule has 6 heteroatoms. The lowest BCUT2D eigenvalue weighted by Crippen LogP contribution is -2.48. The number of carboxylic acids is 1. The first-order chi connectivity index (χ1) is 16.4. The minimum absolute atomic E-state index is 0.104. The number of aromatic carboxylic acids is 1. The fourth-order valence-electron chi connectivity index (χ4n) is 7.22. The third-order valence-electron chi connectivity index (χ3n) is 8.36. The van der Waals surface area contributed by atoms with Crippen molar-refractivity contribution in [2.75, 3.05) is 0 Å². The number of nitrogens with zero attached hydrogens (tertiary/aromatic N) is 2. The SMILES string of the molecule is Cc1[nH]n(-c2ccc(C34CC5CC(CC(C5)C3)C4)cc2)c(=O)c1C=Nc1ccccc1C(=O)O. The molecule has 0 spiro atoms. The van der Waals surface area contributed by atoms with Gasteiger partial charge in [-0.05, 0) is 98.4 Å². The average molecular weight is 456 g/mol. The predicted octanol–water partition coefficient (Wildman–Crippen LogP) is 5.39. The third kappa shape index (κ3) is 3.44. The molecule has 0 aliphatic heterocycles. The van der Waals surface area contributed by atoms with E-state index in [1.54, 1.807) is 22.9 Å². The molecule has 34 heavy (non-hydrogen) atoms. The maximum atomic E-state index is 13.2. The molecular weight excluding hydrogens is 426 g/mol. The summed E-state index contributed by atoms with van der Waals surface area (Å²) in [5.74, 6) is 1.64. The first kappa shape index (κ1) is 21.1. The quantitative estimate of drug-likeness (QED) is 0.506. The molecule has 4 saturated carbocycles. The fourth-order valence-corrected chi connectivity index (χ4v) is 7.22. The molecule has 0 amide bonds. The van der Waals surface area contributed by atoms with E-state index in [1.165, 1.54) is 56.4 Å². The number of benzene rings is 2. The monoisotopic (exact) mass is 455 g/mol. The Labute approximate surface area is 198 Å². The van der Waals surface area contributed by atoms with Gasteiger partial charge in [0.25, 0.3) is 5.56 Å². The van der Waals surface area contributed by atoms with Gasteiger partial charge in [0.1, 0.15) is 0 Å². The van der Waals surface area contributed by atoms with E-state index in [4.69, 9.17) is 0 Å². The number of hydrogen-bond acceptors (Lipinski definition) is 3. The number of aromatic nitrogens is 2. The van der Waals surface area contributed by atoms with E-state index >= 15 is 0 Å². The number of aliphatic imine (C=N–C) groups is 1. The summed E-state index contributed by atoms with van der Waals surface area (Å²) in [5.41, 5.74) is 3.90. The van der Waals surface area contributed by atoms with Gasteiger partial charge in [-0.25, -0.2) is 9.48 Å².